The van der Waals surface area contributed by atoms with E-state index in [0.717, 1.165) is 57.4 Å². The van der Waals surface area contributed by atoms with Crippen molar-refractivity contribution in [1.82, 2.24) is 0 Å². The van der Waals surface area contributed by atoms with E-state index >= 15 is 0 Å². The quantitative estimate of drug-likeness (QED) is 0.176. The molecule has 1 aromatic heterocycles. The third-order valence-electron chi connectivity index (χ3n) is 10.8. The summed E-state index contributed by atoms with van der Waals surface area (Å²) in [7, 11) is 0. The number of anilines is 3. The zero-order valence-electron chi connectivity index (χ0n) is 28.3. The second kappa shape index (κ2) is 11.5. The Balaban J connectivity index is 1.24. The highest BCUT2D eigenvalue weighted by molar-refractivity contribution is 6.19. The molecule has 7 aromatic rings. The molecule has 1 heterocycles. The molecular formula is C49H33NO. The summed E-state index contributed by atoms with van der Waals surface area (Å²) < 4.78 is 6.66. The van der Waals surface area contributed by atoms with Crippen LogP contribution in [0.4, 0.5) is 17.1 Å². The molecule has 51 heavy (non-hydrogen) atoms. The van der Waals surface area contributed by atoms with Gasteiger partial charge in [0.15, 0.2) is 5.58 Å². The monoisotopic (exact) mass is 651 g/mol. The molecule has 3 aliphatic carbocycles. The molecule has 6 aromatic carbocycles. The van der Waals surface area contributed by atoms with Crippen LogP contribution in [0.1, 0.15) is 36.5 Å². The maximum Gasteiger partial charge on any atom is 0.159 e. The number of allylic oxidation sites excluding steroid dienone is 8. The van der Waals surface area contributed by atoms with Gasteiger partial charge in [-0.1, -0.05) is 115 Å². The Hall–Kier alpha value is -6.56. The zero-order chi connectivity index (χ0) is 34.1. The van der Waals surface area contributed by atoms with Crippen LogP contribution in [0.2, 0.25) is 0 Å². The summed E-state index contributed by atoms with van der Waals surface area (Å²) in [4.78, 5) is 2.35. The second-order valence-electron chi connectivity index (χ2n) is 13.5. The largest absolute Gasteiger partial charge is 0.454 e. The van der Waals surface area contributed by atoms with E-state index in [9.17, 15) is 0 Å². The van der Waals surface area contributed by atoms with Gasteiger partial charge in [0.1, 0.15) is 5.58 Å². The standard InChI is InChI=1S/C49H33NO/c1-3-13-39-42-20-11-19-41-37-29-28-35(30-44(37)47(39)31(2)36-16-7-8-18-40(36)48(41)42)50(34-26-24-33(25-27-34)32-14-5-4-6-15-32)45-22-12-21-43-38-17-9-10-23-46(38)51-49(43)45/h1,4-6,8-15,17-30H,7,16H2,2H3/b39-13-. The first-order valence-electron chi connectivity index (χ1n) is 17.6. The SMILES string of the molecule is C#C/C=C1\C2=C(C)C3=C(C=CCC3)c3c1cccc3-c1ccc(N(c3ccc(-c4ccccc4)cc3)c3cccc4c3oc3ccccc34)cc12. The maximum absolute atomic E-state index is 6.66. The summed E-state index contributed by atoms with van der Waals surface area (Å²) >= 11 is 0. The van der Waals surface area contributed by atoms with Crippen molar-refractivity contribution in [2.24, 2.45) is 0 Å². The van der Waals surface area contributed by atoms with Gasteiger partial charge in [-0.2, -0.15) is 0 Å². The van der Waals surface area contributed by atoms with Crippen LogP contribution in [0, 0.1) is 12.3 Å². The van der Waals surface area contributed by atoms with Crippen molar-refractivity contribution in [3.8, 4) is 34.6 Å². The molecule has 240 valence electrons. The van der Waals surface area contributed by atoms with Gasteiger partial charge in [-0.25, -0.2) is 0 Å². The van der Waals surface area contributed by atoms with Gasteiger partial charge in [-0.3, -0.25) is 0 Å². The summed E-state index contributed by atoms with van der Waals surface area (Å²) in [5, 5.41) is 2.21. The third kappa shape index (κ3) is 4.45. The predicted molar refractivity (Wildman–Crippen MR) is 214 cm³/mol. The van der Waals surface area contributed by atoms with Crippen LogP contribution in [-0.4, -0.2) is 0 Å². The summed E-state index contributed by atoms with van der Waals surface area (Å²) in [6, 6.07) is 47.8. The van der Waals surface area contributed by atoms with Crippen LogP contribution in [0.5, 0.6) is 0 Å². The molecule has 0 fully saturated rings. The number of hydrogen-bond donors (Lipinski definition) is 0. The molecule has 0 unspecified atom stereocenters. The van der Waals surface area contributed by atoms with Crippen molar-refractivity contribution in [2.75, 3.05) is 4.90 Å². The number of furan rings is 1. The molecule has 0 saturated heterocycles. The molecule has 0 spiro atoms. The first-order valence-corrected chi connectivity index (χ1v) is 17.6. The fourth-order valence-corrected chi connectivity index (χ4v) is 8.53. The van der Waals surface area contributed by atoms with E-state index in [1.54, 1.807) is 0 Å². The highest BCUT2D eigenvalue weighted by atomic mass is 16.3. The van der Waals surface area contributed by atoms with Crippen molar-refractivity contribution in [1.29, 1.82) is 0 Å². The van der Waals surface area contributed by atoms with Crippen LogP contribution >= 0.6 is 0 Å². The van der Waals surface area contributed by atoms with Crippen LogP contribution in [0.3, 0.4) is 0 Å². The van der Waals surface area contributed by atoms with E-state index in [2.05, 4.69) is 151 Å². The van der Waals surface area contributed by atoms with Crippen molar-refractivity contribution in [3.05, 3.63) is 180 Å². The topological polar surface area (TPSA) is 16.4 Å². The van der Waals surface area contributed by atoms with Crippen LogP contribution < -0.4 is 4.90 Å². The van der Waals surface area contributed by atoms with Crippen molar-refractivity contribution >= 4 is 55.7 Å². The molecule has 0 amide bonds. The zero-order valence-corrected chi connectivity index (χ0v) is 28.3. The molecular weight excluding hydrogens is 619 g/mol. The molecule has 4 bridgehead atoms. The van der Waals surface area contributed by atoms with Crippen LogP contribution in [0.25, 0.3) is 60.9 Å². The number of fused-ring (bicyclic) bond motifs is 7. The smallest absolute Gasteiger partial charge is 0.159 e. The minimum Gasteiger partial charge on any atom is -0.454 e. The Kier molecular flexibility index (Phi) is 6.63. The highest BCUT2D eigenvalue weighted by Crippen LogP contribution is 2.55. The lowest BCUT2D eigenvalue weighted by molar-refractivity contribution is 0.669. The van der Waals surface area contributed by atoms with Crippen molar-refractivity contribution in [2.45, 2.75) is 19.8 Å². The van der Waals surface area contributed by atoms with Gasteiger partial charge in [0.25, 0.3) is 0 Å². The molecule has 0 aliphatic heterocycles. The van der Waals surface area contributed by atoms with E-state index in [0.29, 0.717) is 0 Å². The molecule has 0 saturated carbocycles. The summed E-state index contributed by atoms with van der Waals surface area (Å²) in [6.45, 7) is 2.29. The number of nitrogens with zero attached hydrogens (tertiary/aromatic N) is 1. The van der Waals surface area contributed by atoms with Gasteiger partial charge in [-0.05, 0) is 129 Å². The summed E-state index contributed by atoms with van der Waals surface area (Å²) in [5.41, 5.74) is 19.7. The van der Waals surface area contributed by atoms with Gasteiger partial charge in [0.05, 0.1) is 5.69 Å². The fourth-order valence-electron chi connectivity index (χ4n) is 8.53. The number of rotatable bonds is 4. The number of terminal acetylenes is 1. The Morgan fingerprint density at radius 1 is 0.686 bits per heavy atom. The van der Waals surface area contributed by atoms with Gasteiger partial charge in [0, 0.05) is 22.1 Å². The minimum atomic E-state index is 0.861. The van der Waals surface area contributed by atoms with E-state index in [1.807, 2.05) is 18.2 Å². The molecule has 0 N–H and O–H groups in total. The summed E-state index contributed by atoms with van der Waals surface area (Å²) in [5.74, 6) is 2.91. The molecule has 0 radical (unpaired) electrons. The number of hydrogen-bond acceptors (Lipinski definition) is 2. The summed E-state index contributed by atoms with van der Waals surface area (Å²) in [6.07, 6.45) is 14.8. The first kappa shape index (κ1) is 29.4. The Bertz CT molecular complexity index is 2740. The fraction of sp³-hybridized carbons (Fsp3) is 0.0612. The lowest BCUT2D eigenvalue weighted by Gasteiger charge is -2.28. The van der Waals surface area contributed by atoms with E-state index < -0.39 is 0 Å². The van der Waals surface area contributed by atoms with Gasteiger partial charge < -0.3 is 9.32 Å². The molecule has 10 rings (SSSR count). The van der Waals surface area contributed by atoms with Crippen molar-refractivity contribution in [3.63, 3.8) is 0 Å². The Labute approximate surface area is 298 Å². The Morgan fingerprint density at radius 2 is 1.43 bits per heavy atom. The molecule has 3 aliphatic rings. The van der Waals surface area contributed by atoms with Crippen molar-refractivity contribution < 1.29 is 4.42 Å². The maximum atomic E-state index is 6.66. The van der Waals surface area contributed by atoms with Crippen LogP contribution in [0.15, 0.2) is 167 Å². The highest BCUT2D eigenvalue weighted by Gasteiger charge is 2.33. The molecule has 2 heteroatoms. The van der Waals surface area contributed by atoms with Gasteiger partial charge in [-0.15, -0.1) is 6.42 Å². The predicted octanol–water partition coefficient (Wildman–Crippen LogP) is 13.3. The van der Waals surface area contributed by atoms with Gasteiger partial charge >= 0.3 is 0 Å². The first-order chi connectivity index (χ1) is 25.2. The van der Waals surface area contributed by atoms with Crippen LogP contribution in [-0.2, 0) is 0 Å². The molecule has 2 nitrogen and oxygen atoms in total. The minimum absolute atomic E-state index is 0.861. The van der Waals surface area contributed by atoms with E-state index in [1.165, 1.54) is 61.2 Å². The Morgan fingerprint density at radius 3 is 2.29 bits per heavy atom. The lowest BCUT2D eigenvalue weighted by Crippen LogP contribution is -2.11. The molecule has 0 atom stereocenters. The third-order valence-corrected chi connectivity index (χ3v) is 10.8. The number of benzene rings is 6. The lowest BCUT2D eigenvalue weighted by atomic mass is 9.81. The average molecular weight is 652 g/mol. The van der Waals surface area contributed by atoms with E-state index in [4.69, 9.17) is 10.8 Å². The number of para-hydroxylation sites is 2. The van der Waals surface area contributed by atoms with Gasteiger partial charge in [0.2, 0.25) is 0 Å². The normalized spacial score (nSPS) is 15.2. The average Bonchev–Trinajstić information content (AvgIpc) is 3.51. The van der Waals surface area contributed by atoms with E-state index in [-0.39, 0.29) is 0 Å². The second-order valence-corrected chi connectivity index (χ2v) is 13.5.